The summed E-state index contributed by atoms with van der Waals surface area (Å²) in [4.78, 5) is 48.3. The number of halogens is 3. The van der Waals surface area contributed by atoms with Gasteiger partial charge in [0.05, 0.1) is 30.8 Å². The van der Waals surface area contributed by atoms with Crippen LogP contribution in [-0.2, 0) is 22.4 Å². The van der Waals surface area contributed by atoms with Crippen molar-refractivity contribution in [2.24, 2.45) is 0 Å². The first kappa shape index (κ1) is 55.6. The van der Waals surface area contributed by atoms with Gasteiger partial charge in [-0.3, -0.25) is 14.5 Å². The quantitative estimate of drug-likeness (QED) is 0.112. The van der Waals surface area contributed by atoms with Crippen LogP contribution in [0.25, 0.3) is 22.5 Å². The number of carbonyl (C=O) groups is 2. The van der Waals surface area contributed by atoms with Gasteiger partial charge in [0, 0.05) is 115 Å². The number of benzene rings is 4. The van der Waals surface area contributed by atoms with Gasteiger partial charge in [-0.25, -0.2) is 18.7 Å². The van der Waals surface area contributed by atoms with Gasteiger partial charge in [-0.2, -0.15) is 10.5 Å². The van der Waals surface area contributed by atoms with Crippen LogP contribution in [0.3, 0.4) is 0 Å². The Balaban J connectivity index is 0.000000157. The second-order valence-corrected chi connectivity index (χ2v) is 22.9. The van der Waals surface area contributed by atoms with E-state index in [1.807, 2.05) is 7.05 Å². The molecule has 412 valence electrons. The average Bonchev–Trinajstić information content (AvgIpc) is 4.31. The van der Waals surface area contributed by atoms with Crippen molar-refractivity contribution >= 4 is 67.7 Å². The zero-order valence-electron chi connectivity index (χ0n) is 44.2. The fourth-order valence-electron chi connectivity index (χ4n) is 11.1. The molecule has 12 rings (SSSR count). The molecule has 4 aromatic carbocycles. The molecule has 0 saturated carbocycles. The summed E-state index contributed by atoms with van der Waals surface area (Å²) in [6.45, 7) is 9.67. The maximum absolute atomic E-state index is 13.4. The Morgan fingerprint density at radius 1 is 0.658 bits per heavy atom. The number of thiazole rings is 2. The van der Waals surface area contributed by atoms with E-state index < -0.39 is 0 Å². The number of rotatable bonds is 11. The van der Waals surface area contributed by atoms with E-state index >= 15 is 0 Å². The SMILES string of the molecule is CN(c1nc(-c2ccc(F)cc2)c(C#N)s1)C1CCc2ccc(N3CCN(CC(=O)N4CC(O)C4)CC3)cc21.CN(c1nc(-c2ccc(F)cc2)c(C#N)s1)C1CCc2ccc(N3CCNCC3)cc21.O=C(CCl)N1CC(O)C1. The summed E-state index contributed by atoms with van der Waals surface area (Å²) in [6.07, 6.45) is 3.36. The number of anilines is 4. The molecule has 79 heavy (non-hydrogen) atoms. The minimum absolute atomic E-state index is 0.0206. The number of nitrogens with one attached hydrogen (secondary N) is 1. The highest BCUT2D eigenvalue weighted by atomic mass is 35.5. The molecule has 2 atom stereocenters. The minimum atomic E-state index is -0.366. The number of β-amino-alcohol motifs (C(OH)–C–C–N with tert-alkyl or cyclic N) is 2. The Morgan fingerprint density at radius 2 is 1.09 bits per heavy atom. The first-order valence-electron chi connectivity index (χ1n) is 26.7. The molecule has 21 heteroatoms. The third-order valence-corrected chi connectivity index (χ3v) is 18.0. The molecule has 4 fully saturated rings. The van der Waals surface area contributed by atoms with Crippen molar-refractivity contribution in [2.45, 2.75) is 50.0 Å². The van der Waals surface area contributed by atoms with Gasteiger partial charge < -0.3 is 44.9 Å². The van der Waals surface area contributed by atoms with Crippen LogP contribution in [0.2, 0.25) is 0 Å². The molecular formula is C58H63ClF2N12O4S2. The number of aliphatic hydroxyl groups is 2. The zero-order valence-corrected chi connectivity index (χ0v) is 46.6. The molecule has 2 aromatic heterocycles. The molecule has 6 aliphatic rings. The van der Waals surface area contributed by atoms with Crippen molar-refractivity contribution in [1.29, 1.82) is 10.5 Å². The number of nitriles is 2. The second-order valence-electron chi connectivity index (χ2n) is 20.7. The van der Waals surface area contributed by atoms with Crippen molar-refractivity contribution < 1.29 is 28.6 Å². The molecule has 3 N–H and O–H groups in total. The van der Waals surface area contributed by atoms with Gasteiger partial charge in [0.25, 0.3) is 0 Å². The molecule has 4 saturated heterocycles. The zero-order chi connectivity index (χ0) is 55.3. The van der Waals surface area contributed by atoms with E-state index in [0.29, 0.717) is 53.9 Å². The molecule has 2 amide bonds. The van der Waals surface area contributed by atoms with E-state index in [-0.39, 0.29) is 53.6 Å². The molecule has 2 aliphatic carbocycles. The van der Waals surface area contributed by atoms with Crippen molar-refractivity contribution in [3.05, 3.63) is 129 Å². The lowest BCUT2D eigenvalue weighted by Gasteiger charge is -2.40. The summed E-state index contributed by atoms with van der Waals surface area (Å²) < 4.78 is 26.8. The smallest absolute Gasteiger partial charge is 0.237 e. The van der Waals surface area contributed by atoms with E-state index in [2.05, 4.69) is 85.4 Å². The van der Waals surface area contributed by atoms with E-state index in [9.17, 15) is 34.0 Å². The normalized spacial score (nSPS) is 18.9. The predicted octanol–water partition coefficient (Wildman–Crippen LogP) is 7.05. The number of likely N-dealkylation sites (tertiary alicyclic amines) is 2. The summed E-state index contributed by atoms with van der Waals surface area (Å²) in [5.74, 6) is -0.584. The van der Waals surface area contributed by atoms with Gasteiger partial charge >= 0.3 is 0 Å². The Bertz CT molecular complexity index is 3220. The van der Waals surface area contributed by atoms with E-state index in [4.69, 9.17) is 26.7 Å². The van der Waals surface area contributed by atoms with E-state index in [1.165, 1.54) is 85.5 Å². The topological polar surface area (TPSA) is 183 Å². The molecule has 0 radical (unpaired) electrons. The van der Waals surface area contributed by atoms with Gasteiger partial charge in [0.2, 0.25) is 11.8 Å². The monoisotopic (exact) mass is 1130 g/mol. The van der Waals surface area contributed by atoms with Crippen molar-refractivity contribution in [3.63, 3.8) is 0 Å². The molecule has 6 aromatic rings. The highest BCUT2D eigenvalue weighted by molar-refractivity contribution is 7.16. The highest BCUT2D eigenvalue weighted by Gasteiger charge is 2.34. The second kappa shape index (κ2) is 24.7. The lowest BCUT2D eigenvalue weighted by Crippen LogP contribution is -2.57. The fraction of sp³-hybridized carbons (Fsp3) is 0.414. The van der Waals surface area contributed by atoms with Crippen LogP contribution >= 0.6 is 34.3 Å². The number of carbonyl (C=O) groups excluding carboxylic acids is 2. The Hall–Kier alpha value is -6.75. The number of aromatic nitrogens is 2. The van der Waals surface area contributed by atoms with Gasteiger partial charge in [-0.1, -0.05) is 34.8 Å². The van der Waals surface area contributed by atoms with Crippen LogP contribution in [0.4, 0.5) is 30.4 Å². The van der Waals surface area contributed by atoms with Crippen LogP contribution in [-0.4, -0.2) is 164 Å². The number of piperazine rings is 2. The average molecular weight is 1130 g/mol. The molecule has 0 spiro atoms. The first-order chi connectivity index (χ1) is 38.3. The predicted molar refractivity (Wildman–Crippen MR) is 306 cm³/mol. The number of hydrogen-bond acceptors (Lipinski definition) is 16. The number of aliphatic hydroxyl groups excluding tert-OH is 2. The summed E-state index contributed by atoms with van der Waals surface area (Å²) in [6, 6.07) is 30.8. The number of aryl methyl sites for hydroxylation is 2. The summed E-state index contributed by atoms with van der Waals surface area (Å²) in [5, 5.41) is 42.6. The third kappa shape index (κ3) is 12.5. The number of alkyl halides is 1. The fourth-order valence-corrected chi connectivity index (χ4v) is 13.0. The van der Waals surface area contributed by atoms with E-state index in [1.54, 1.807) is 29.2 Å². The lowest BCUT2D eigenvalue weighted by molar-refractivity contribution is -0.142. The van der Waals surface area contributed by atoms with Crippen LogP contribution in [0, 0.1) is 34.3 Å². The number of fused-ring (bicyclic) bond motifs is 2. The third-order valence-electron chi connectivity index (χ3n) is 15.7. The number of hydrogen-bond donors (Lipinski definition) is 3. The standard InChI is InChI=1S/C29H31FN6O2S.C24H24FN5S.C5H8ClNO2/c1-33(29-32-28(26(15-31)39-29)20-2-6-21(30)7-3-20)25-9-5-19-4-8-22(14-24(19)25)35-12-10-34(11-13-35)18-27(38)36-16-23(37)17-36;1-29(24-28-23(22(15-26)31-24)17-2-6-18(25)7-3-17)21-9-5-16-4-8-19(14-20(16)21)30-12-10-27-11-13-30;6-1-5(9)7-2-4(8)3-7/h2-4,6-8,14,23,25,37H,5,9-13,16-18H2,1H3;2-4,6-8,14,21,27H,5,9-13H2,1H3;4,8H,1-3H2. The summed E-state index contributed by atoms with van der Waals surface area (Å²) in [7, 11) is 4.10. The van der Waals surface area contributed by atoms with Crippen molar-refractivity contribution in [1.82, 2.24) is 30.0 Å². The van der Waals surface area contributed by atoms with Gasteiger partial charge in [-0.15, -0.1) is 11.6 Å². The van der Waals surface area contributed by atoms with Crippen LogP contribution in [0.15, 0.2) is 84.9 Å². The Kier molecular flexibility index (Phi) is 17.4. The van der Waals surface area contributed by atoms with Gasteiger partial charge in [-0.05, 0) is 121 Å². The Morgan fingerprint density at radius 3 is 1.51 bits per heavy atom. The maximum atomic E-state index is 13.4. The molecule has 4 aliphatic heterocycles. The summed E-state index contributed by atoms with van der Waals surface area (Å²) in [5.41, 5.74) is 10.6. The van der Waals surface area contributed by atoms with Gasteiger partial charge in [0.15, 0.2) is 10.3 Å². The maximum Gasteiger partial charge on any atom is 0.237 e. The number of nitrogens with zero attached hydrogens (tertiary/aromatic N) is 11. The molecule has 2 unspecified atom stereocenters. The molecule has 16 nitrogen and oxygen atoms in total. The van der Waals surface area contributed by atoms with Gasteiger partial charge in [0.1, 0.15) is 50.8 Å². The van der Waals surface area contributed by atoms with Crippen LogP contribution < -0.4 is 24.9 Å². The van der Waals surface area contributed by atoms with Crippen LogP contribution in [0.1, 0.15) is 56.9 Å². The summed E-state index contributed by atoms with van der Waals surface area (Å²) >= 11 is 8.01. The van der Waals surface area contributed by atoms with E-state index in [0.717, 1.165) is 99.4 Å². The minimum Gasteiger partial charge on any atom is -0.389 e. The molecular weight excluding hydrogens is 1070 g/mol. The van der Waals surface area contributed by atoms with Crippen LogP contribution in [0.5, 0.6) is 0 Å². The van der Waals surface area contributed by atoms with Crippen molar-refractivity contribution in [2.75, 3.05) is 125 Å². The highest BCUT2D eigenvalue weighted by Crippen LogP contribution is 2.44. The molecule has 6 heterocycles. The van der Waals surface area contributed by atoms with Crippen molar-refractivity contribution in [3.8, 4) is 34.7 Å². The Labute approximate surface area is 472 Å². The molecule has 0 bridgehead atoms. The largest absolute Gasteiger partial charge is 0.389 e. The first-order valence-corrected chi connectivity index (χ1v) is 28.9. The lowest BCUT2D eigenvalue weighted by atomic mass is 10.1. The number of amides is 2.